The van der Waals surface area contributed by atoms with E-state index in [2.05, 4.69) is 23.9 Å². The predicted molar refractivity (Wildman–Crippen MR) is 48.9 cm³/mol. The highest BCUT2D eigenvalue weighted by Crippen LogP contribution is 2.17. The molecule has 12 heavy (non-hydrogen) atoms. The molecule has 0 N–H and O–H groups in total. The van der Waals surface area contributed by atoms with E-state index in [4.69, 9.17) is 0 Å². The van der Waals surface area contributed by atoms with E-state index in [0.29, 0.717) is 6.04 Å². The molecule has 0 bridgehead atoms. The van der Waals surface area contributed by atoms with Gasteiger partial charge in [0.15, 0.2) is 0 Å². The molecular weight excluding hydrogens is 150 g/mol. The summed E-state index contributed by atoms with van der Waals surface area (Å²) >= 11 is 0. The van der Waals surface area contributed by atoms with Crippen LogP contribution in [-0.2, 0) is 0 Å². The molecule has 1 aromatic heterocycles. The second-order valence-corrected chi connectivity index (χ2v) is 3.11. The van der Waals surface area contributed by atoms with Gasteiger partial charge in [-0.3, -0.25) is 0 Å². The lowest BCUT2D eigenvalue weighted by Gasteiger charge is -2.14. The lowest BCUT2D eigenvalue weighted by molar-refractivity contribution is 0.390. The molecule has 0 amide bonds. The van der Waals surface area contributed by atoms with Gasteiger partial charge >= 0.3 is 0 Å². The van der Waals surface area contributed by atoms with Crippen molar-refractivity contribution in [1.82, 2.24) is 14.8 Å². The standard InChI is InChI=1S/C9H17N3/c1-3-5-9(6-4-2)12-8-10-7-11-12/h7-9H,3-6H2,1-2H3. The summed E-state index contributed by atoms with van der Waals surface area (Å²) in [6, 6.07) is 0.558. The van der Waals surface area contributed by atoms with Crippen LogP contribution in [0.5, 0.6) is 0 Å². The van der Waals surface area contributed by atoms with E-state index in [1.54, 1.807) is 6.33 Å². The SMILES string of the molecule is CCCC(CCC)n1cncn1. The Kier molecular flexibility index (Phi) is 3.77. The minimum atomic E-state index is 0.558. The minimum absolute atomic E-state index is 0.558. The molecule has 1 rings (SSSR count). The molecule has 0 radical (unpaired) electrons. The van der Waals surface area contributed by atoms with Gasteiger partial charge in [-0.05, 0) is 12.8 Å². The molecule has 3 heteroatoms. The van der Waals surface area contributed by atoms with Crippen LogP contribution in [0.2, 0.25) is 0 Å². The van der Waals surface area contributed by atoms with Crippen molar-refractivity contribution >= 4 is 0 Å². The first-order valence-corrected chi connectivity index (χ1v) is 4.72. The van der Waals surface area contributed by atoms with Crippen LogP contribution in [0.1, 0.15) is 45.6 Å². The molecule has 0 saturated heterocycles. The van der Waals surface area contributed by atoms with Crippen LogP contribution in [0.15, 0.2) is 12.7 Å². The van der Waals surface area contributed by atoms with Crippen molar-refractivity contribution in [2.24, 2.45) is 0 Å². The van der Waals surface area contributed by atoms with Gasteiger partial charge in [0, 0.05) is 0 Å². The van der Waals surface area contributed by atoms with E-state index in [-0.39, 0.29) is 0 Å². The van der Waals surface area contributed by atoms with Crippen LogP contribution in [0.25, 0.3) is 0 Å². The molecule has 3 nitrogen and oxygen atoms in total. The Morgan fingerprint density at radius 1 is 1.25 bits per heavy atom. The Balaban J connectivity index is 2.53. The zero-order chi connectivity index (χ0) is 8.81. The van der Waals surface area contributed by atoms with Crippen LogP contribution in [0.3, 0.4) is 0 Å². The van der Waals surface area contributed by atoms with Crippen LogP contribution in [0, 0.1) is 0 Å². The highest BCUT2D eigenvalue weighted by Gasteiger charge is 2.08. The topological polar surface area (TPSA) is 30.7 Å². The normalized spacial score (nSPS) is 10.9. The summed E-state index contributed by atoms with van der Waals surface area (Å²) in [6.45, 7) is 4.42. The molecule has 0 aliphatic heterocycles. The fraction of sp³-hybridized carbons (Fsp3) is 0.778. The van der Waals surface area contributed by atoms with Crippen molar-refractivity contribution in [3.8, 4) is 0 Å². The molecule has 1 aromatic rings. The van der Waals surface area contributed by atoms with Gasteiger partial charge in [-0.15, -0.1) is 0 Å². The average molecular weight is 167 g/mol. The van der Waals surface area contributed by atoms with Gasteiger partial charge in [0.05, 0.1) is 6.04 Å². The van der Waals surface area contributed by atoms with Gasteiger partial charge in [-0.2, -0.15) is 5.10 Å². The van der Waals surface area contributed by atoms with Gasteiger partial charge in [-0.25, -0.2) is 9.67 Å². The maximum Gasteiger partial charge on any atom is 0.137 e. The summed E-state index contributed by atoms with van der Waals surface area (Å²) in [7, 11) is 0. The first kappa shape index (κ1) is 9.23. The maximum absolute atomic E-state index is 4.16. The second-order valence-electron chi connectivity index (χ2n) is 3.11. The van der Waals surface area contributed by atoms with Crippen molar-refractivity contribution in [2.45, 2.75) is 45.6 Å². The van der Waals surface area contributed by atoms with Crippen LogP contribution in [-0.4, -0.2) is 14.8 Å². The van der Waals surface area contributed by atoms with E-state index >= 15 is 0 Å². The van der Waals surface area contributed by atoms with Crippen molar-refractivity contribution in [3.05, 3.63) is 12.7 Å². The number of hydrogen-bond donors (Lipinski definition) is 0. The third-order valence-electron chi connectivity index (χ3n) is 2.05. The number of rotatable bonds is 5. The molecule has 0 aliphatic rings. The Bertz CT molecular complexity index is 188. The fourth-order valence-corrected chi connectivity index (χ4v) is 1.48. The maximum atomic E-state index is 4.16. The van der Waals surface area contributed by atoms with Gasteiger partial charge in [0.1, 0.15) is 12.7 Å². The van der Waals surface area contributed by atoms with Gasteiger partial charge in [0.25, 0.3) is 0 Å². The Labute approximate surface area is 73.8 Å². The lowest BCUT2D eigenvalue weighted by Crippen LogP contribution is -2.08. The van der Waals surface area contributed by atoms with Gasteiger partial charge in [0.2, 0.25) is 0 Å². The van der Waals surface area contributed by atoms with Crippen molar-refractivity contribution in [1.29, 1.82) is 0 Å². The van der Waals surface area contributed by atoms with Gasteiger partial charge < -0.3 is 0 Å². The lowest BCUT2D eigenvalue weighted by atomic mass is 10.1. The van der Waals surface area contributed by atoms with Crippen LogP contribution < -0.4 is 0 Å². The molecule has 0 saturated carbocycles. The Morgan fingerprint density at radius 3 is 2.33 bits per heavy atom. The highest BCUT2D eigenvalue weighted by atomic mass is 15.3. The Hall–Kier alpha value is -0.860. The largest absolute Gasteiger partial charge is 0.250 e. The minimum Gasteiger partial charge on any atom is -0.250 e. The molecular formula is C9H17N3. The first-order valence-electron chi connectivity index (χ1n) is 4.72. The summed E-state index contributed by atoms with van der Waals surface area (Å²) in [5.74, 6) is 0. The number of nitrogens with zero attached hydrogens (tertiary/aromatic N) is 3. The molecule has 0 spiro atoms. The Morgan fingerprint density at radius 2 is 1.92 bits per heavy atom. The first-order chi connectivity index (χ1) is 5.88. The average Bonchev–Trinajstić information content (AvgIpc) is 2.56. The molecule has 68 valence electrons. The van der Waals surface area contributed by atoms with E-state index in [1.807, 2.05) is 11.0 Å². The quantitative estimate of drug-likeness (QED) is 0.674. The second kappa shape index (κ2) is 4.91. The third-order valence-corrected chi connectivity index (χ3v) is 2.05. The summed E-state index contributed by atoms with van der Waals surface area (Å²) in [6.07, 6.45) is 8.26. The van der Waals surface area contributed by atoms with Crippen molar-refractivity contribution in [3.63, 3.8) is 0 Å². The molecule has 0 aromatic carbocycles. The highest BCUT2D eigenvalue weighted by molar-refractivity contribution is 4.67. The van der Waals surface area contributed by atoms with E-state index in [0.717, 1.165) is 0 Å². The fourth-order valence-electron chi connectivity index (χ4n) is 1.48. The van der Waals surface area contributed by atoms with Gasteiger partial charge in [-0.1, -0.05) is 26.7 Å². The monoisotopic (exact) mass is 167 g/mol. The van der Waals surface area contributed by atoms with E-state index in [1.165, 1.54) is 25.7 Å². The molecule has 0 unspecified atom stereocenters. The molecule has 0 aliphatic carbocycles. The zero-order valence-electron chi connectivity index (χ0n) is 7.90. The van der Waals surface area contributed by atoms with Crippen LogP contribution >= 0.6 is 0 Å². The molecule has 0 fully saturated rings. The van der Waals surface area contributed by atoms with E-state index < -0.39 is 0 Å². The summed E-state index contributed by atoms with van der Waals surface area (Å²) < 4.78 is 1.98. The predicted octanol–water partition coefficient (Wildman–Crippen LogP) is 2.42. The van der Waals surface area contributed by atoms with Crippen LogP contribution in [0.4, 0.5) is 0 Å². The molecule has 1 heterocycles. The smallest absolute Gasteiger partial charge is 0.137 e. The number of hydrogen-bond acceptors (Lipinski definition) is 2. The zero-order valence-corrected chi connectivity index (χ0v) is 7.90. The summed E-state index contributed by atoms with van der Waals surface area (Å²) in [4.78, 5) is 3.96. The van der Waals surface area contributed by atoms with E-state index in [9.17, 15) is 0 Å². The van der Waals surface area contributed by atoms with Crippen molar-refractivity contribution < 1.29 is 0 Å². The molecule has 0 atom stereocenters. The number of aromatic nitrogens is 3. The summed E-state index contributed by atoms with van der Waals surface area (Å²) in [5.41, 5.74) is 0. The third kappa shape index (κ3) is 2.32. The van der Waals surface area contributed by atoms with Crippen molar-refractivity contribution in [2.75, 3.05) is 0 Å². The summed E-state index contributed by atoms with van der Waals surface area (Å²) in [5, 5.41) is 4.16.